The van der Waals surface area contributed by atoms with Gasteiger partial charge in [0.2, 0.25) is 11.8 Å². The first-order valence-electron chi connectivity index (χ1n) is 14.0. The zero-order valence-electron chi connectivity index (χ0n) is 25.1. The lowest BCUT2D eigenvalue weighted by atomic mass is 10.1. The van der Waals surface area contributed by atoms with Crippen LogP contribution >= 0.6 is 11.6 Å². The Labute approximate surface area is 254 Å². The third-order valence-electron chi connectivity index (χ3n) is 7.16. The number of ether oxygens (including phenoxy) is 1. The van der Waals surface area contributed by atoms with Crippen LogP contribution in [0.4, 0.5) is 5.69 Å². The number of nitrogens with one attached hydrogen (secondary N) is 1. The molecule has 0 fully saturated rings. The van der Waals surface area contributed by atoms with Crippen molar-refractivity contribution in [2.75, 3.05) is 18.0 Å². The van der Waals surface area contributed by atoms with E-state index in [2.05, 4.69) is 5.32 Å². The molecular weight excluding hydrogens is 574 g/mol. The fourth-order valence-electron chi connectivity index (χ4n) is 4.46. The molecular formula is C32H40ClN3O5S. The van der Waals surface area contributed by atoms with Crippen molar-refractivity contribution < 1.29 is 22.7 Å². The Morgan fingerprint density at radius 2 is 1.52 bits per heavy atom. The second-order valence-electron chi connectivity index (χ2n) is 10.4. The van der Waals surface area contributed by atoms with Crippen LogP contribution in [0.5, 0.6) is 5.75 Å². The number of amides is 2. The maximum atomic E-state index is 14.2. The molecule has 8 nitrogen and oxygen atoms in total. The highest BCUT2D eigenvalue weighted by Gasteiger charge is 2.35. The van der Waals surface area contributed by atoms with Gasteiger partial charge in [0.1, 0.15) is 18.3 Å². The number of anilines is 1. The van der Waals surface area contributed by atoms with Crippen LogP contribution in [-0.4, -0.2) is 50.9 Å². The van der Waals surface area contributed by atoms with Crippen molar-refractivity contribution in [3.8, 4) is 5.75 Å². The predicted molar refractivity (Wildman–Crippen MR) is 167 cm³/mol. The molecule has 3 aromatic carbocycles. The van der Waals surface area contributed by atoms with Crippen LogP contribution in [0.15, 0.2) is 71.6 Å². The van der Waals surface area contributed by atoms with Gasteiger partial charge in [0.15, 0.2) is 0 Å². The summed E-state index contributed by atoms with van der Waals surface area (Å²) in [4.78, 5) is 29.1. The van der Waals surface area contributed by atoms with Crippen molar-refractivity contribution in [3.63, 3.8) is 0 Å². The number of carbonyl (C=O) groups excluding carboxylic acids is 2. The third kappa shape index (κ3) is 8.04. The van der Waals surface area contributed by atoms with E-state index < -0.39 is 28.5 Å². The molecule has 0 spiro atoms. The van der Waals surface area contributed by atoms with Crippen molar-refractivity contribution in [1.82, 2.24) is 10.2 Å². The largest absolute Gasteiger partial charge is 0.495 e. The van der Waals surface area contributed by atoms with Crippen LogP contribution in [0.1, 0.15) is 50.3 Å². The van der Waals surface area contributed by atoms with E-state index in [4.69, 9.17) is 16.3 Å². The molecule has 42 heavy (non-hydrogen) atoms. The highest BCUT2D eigenvalue weighted by atomic mass is 35.5. The number of aryl methyl sites for hydroxylation is 2. The standard InChI is InChI=1S/C32H40ClN3O5S/c1-7-24(5)34-32(38)28(8-2)35(20-25-13-9-22(3)10-14-25)31(37)21-36(29-19-26(33)15-18-30(29)41-6)42(39,40)27-16-11-23(4)12-17-27/h9-19,24,28H,7-8,20-21H2,1-6H3,(H,34,38)/t24-,28+/m1/s1. The van der Waals surface area contributed by atoms with E-state index in [1.165, 1.54) is 30.2 Å². The second-order valence-corrected chi connectivity index (χ2v) is 12.7. The normalized spacial score (nSPS) is 12.7. The lowest BCUT2D eigenvalue weighted by molar-refractivity contribution is -0.140. The summed E-state index contributed by atoms with van der Waals surface area (Å²) >= 11 is 6.31. The van der Waals surface area contributed by atoms with E-state index in [9.17, 15) is 18.0 Å². The topological polar surface area (TPSA) is 96.0 Å². The number of nitrogens with zero attached hydrogens (tertiary/aromatic N) is 2. The Balaban J connectivity index is 2.12. The van der Waals surface area contributed by atoms with E-state index in [-0.39, 0.29) is 39.8 Å². The minimum atomic E-state index is -4.26. The van der Waals surface area contributed by atoms with Crippen LogP contribution in [0.3, 0.4) is 0 Å². The van der Waals surface area contributed by atoms with Crippen LogP contribution in [-0.2, 0) is 26.2 Å². The maximum absolute atomic E-state index is 14.2. The molecule has 0 aliphatic carbocycles. The number of carbonyl (C=O) groups is 2. The van der Waals surface area contributed by atoms with Gasteiger partial charge in [0.25, 0.3) is 10.0 Å². The second kappa shape index (κ2) is 14.6. The number of methoxy groups -OCH3 is 1. The van der Waals surface area contributed by atoms with E-state index in [1.807, 2.05) is 58.9 Å². The SMILES string of the molecule is CC[C@@H](C)NC(=O)[C@H](CC)N(Cc1ccc(C)cc1)C(=O)CN(c1cc(Cl)ccc1OC)S(=O)(=O)c1ccc(C)cc1. The number of rotatable bonds is 13. The van der Waals surface area contributed by atoms with Gasteiger partial charge in [-0.15, -0.1) is 0 Å². The summed E-state index contributed by atoms with van der Waals surface area (Å²) in [5, 5.41) is 3.26. The van der Waals surface area contributed by atoms with Gasteiger partial charge in [0.05, 0.1) is 17.7 Å². The zero-order chi connectivity index (χ0) is 31.0. The number of hydrogen-bond acceptors (Lipinski definition) is 5. The van der Waals surface area contributed by atoms with Gasteiger partial charge >= 0.3 is 0 Å². The molecule has 0 saturated carbocycles. The minimum absolute atomic E-state index is 0.00886. The van der Waals surface area contributed by atoms with Crippen LogP contribution < -0.4 is 14.4 Å². The first-order valence-corrected chi connectivity index (χ1v) is 15.8. The highest BCUT2D eigenvalue weighted by Crippen LogP contribution is 2.35. The average molecular weight is 614 g/mol. The Hall–Kier alpha value is -3.56. The van der Waals surface area contributed by atoms with Gasteiger partial charge in [-0.1, -0.05) is 73.0 Å². The third-order valence-corrected chi connectivity index (χ3v) is 9.17. The Morgan fingerprint density at radius 3 is 2.07 bits per heavy atom. The minimum Gasteiger partial charge on any atom is -0.495 e. The lowest BCUT2D eigenvalue weighted by Gasteiger charge is -2.34. The van der Waals surface area contributed by atoms with E-state index >= 15 is 0 Å². The molecule has 3 rings (SSSR count). The van der Waals surface area contributed by atoms with Crippen molar-refractivity contribution in [2.45, 2.75) is 71.0 Å². The van der Waals surface area contributed by atoms with Gasteiger partial charge in [-0.05, 0) is 69.5 Å². The summed E-state index contributed by atoms with van der Waals surface area (Å²) < 4.78 is 34.7. The monoisotopic (exact) mass is 613 g/mol. The summed E-state index contributed by atoms with van der Waals surface area (Å²) in [6.07, 6.45) is 1.07. The van der Waals surface area contributed by atoms with Crippen LogP contribution in [0, 0.1) is 13.8 Å². The van der Waals surface area contributed by atoms with E-state index in [0.717, 1.165) is 27.4 Å². The van der Waals surface area contributed by atoms with Crippen molar-refractivity contribution in [2.24, 2.45) is 0 Å². The lowest BCUT2D eigenvalue weighted by Crippen LogP contribution is -2.53. The van der Waals surface area contributed by atoms with Gasteiger partial charge in [-0.3, -0.25) is 13.9 Å². The molecule has 1 N–H and O–H groups in total. The molecule has 2 atom stereocenters. The highest BCUT2D eigenvalue weighted by molar-refractivity contribution is 7.92. The Morgan fingerprint density at radius 1 is 0.929 bits per heavy atom. The number of halogens is 1. The molecule has 0 heterocycles. The zero-order valence-corrected chi connectivity index (χ0v) is 26.6. The molecule has 0 bridgehead atoms. The van der Waals surface area contributed by atoms with Crippen molar-refractivity contribution in [3.05, 3.63) is 88.4 Å². The summed E-state index contributed by atoms with van der Waals surface area (Å²) in [5.74, 6) is -0.602. The fourth-order valence-corrected chi connectivity index (χ4v) is 6.04. The molecule has 10 heteroatoms. The van der Waals surface area contributed by atoms with Crippen molar-refractivity contribution in [1.29, 1.82) is 0 Å². The molecule has 2 amide bonds. The average Bonchev–Trinajstić information content (AvgIpc) is 2.96. The van der Waals surface area contributed by atoms with Gasteiger partial charge in [-0.25, -0.2) is 8.42 Å². The molecule has 0 aromatic heterocycles. The first kappa shape index (κ1) is 32.9. The summed E-state index contributed by atoms with van der Waals surface area (Å²) in [6.45, 7) is 9.06. The van der Waals surface area contributed by atoms with E-state index in [0.29, 0.717) is 6.42 Å². The number of hydrogen-bond donors (Lipinski definition) is 1. The fraction of sp³-hybridized carbons (Fsp3) is 0.375. The Kier molecular flexibility index (Phi) is 11.4. The molecule has 3 aromatic rings. The summed E-state index contributed by atoms with van der Waals surface area (Å²) in [7, 11) is -2.84. The first-order chi connectivity index (χ1) is 19.9. The summed E-state index contributed by atoms with van der Waals surface area (Å²) in [6, 6.07) is 17.7. The maximum Gasteiger partial charge on any atom is 0.264 e. The predicted octanol–water partition coefficient (Wildman–Crippen LogP) is 5.88. The molecule has 0 aliphatic heterocycles. The van der Waals surface area contributed by atoms with E-state index in [1.54, 1.807) is 24.3 Å². The Bertz CT molecular complexity index is 1480. The molecule has 0 unspecified atom stereocenters. The summed E-state index contributed by atoms with van der Waals surface area (Å²) in [5.41, 5.74) is 2.88. The molecule has 0 saturated heterocycles. The smallest absolute Gasteiger partial charge is 0.264 e. The number of sulfonamides is 1. The number of benzene rings is 3. The van der Waals surface area contributed by atoms with Gasteiger partial charge in [0, 0.05) is 17.6 Å². The van der Waals surface area contributed by atoms with Crippen molar-refractivity contribution >= 4 is 39.1 Å². The van der Waals surface area contributed by atoms with Gasteiger partial charge in [-0.2, -0.15) is 0 Å². The quantitative estimate of drug-likeness (QED) is 0.260. The molecule has 226 valence electrons. The van der Waals surface area contributed by atoms with Gasteiger partial charge < -0.3 is 15.0 Å². The van der Waals surface area contributed by atoms with Crippen LogP contribution in [0.25, 0.3) is 0 Å². The van der Waals surface area contributed by atoms with Crippen LogP contribution in [0.2, 0.25) is 5.02 Å². The molecule has 0 aliphatic rings. The molecule has 0 radical (unpaired) electrons.